The van der Waals surface area contributed by atoms with Gasteiger partial charge < -0.3 is 32.5 Å². The number of hydrogen-bond acceptors (Lipinski definition) is 6. The number of aliphatic carboxylic acids is 1. The summed E-state index contributed by atoms with van der Waals surface area (Å²) >= 11 is 0. The van der Waals surface area contributed by atoms with Crippen molar-refractivity contribution >= 4 is 23.7 Å². The summed E-state index contributed by atoms with van der Waals surface area (Å²) in [5.74, 6) is -3.03. The number of carboxylic acids is 1. The van der Waals surface area contributed by atoms with E-state index in [1.54, 1.807) is 24.3 Å². The first-order valence-electron chi connectivity index (χ1n) is 13.8. The molecule has 2 rings (SSSR count). The highest BCUT2D eigenvalue weighted by Crippen LogP contribution is 2.12. The third-order valence-electron chi connectivity index (χ3n) is 6.91. The monoisotopic (exact) mass is 553 g/mol. The summed E-state index contributed by atoms with van der Waals surface area (Å²) in [7, 11) is 0. The van der Waals surface area contributed by atoms with Gasteiger partial charge >= 0.3 is 5.97 Å². The lowest BCUT2D eigenvalue weighted by molar-refractivity contribution is -0.142. The fraction of sp³-hybridized carbons (Fsp3) is 0.467. The van der Waals surface area contributed by atoms with Crippen molar-refractivity contribution in [2.75, 3.05) is 6.54 Å². The van der Waals surface area contributed by atoms with Gasteiger partial charge in [0.25, 0.3) is 0 Å². The lowest BCUT2D eigenvalue weighted by Gasteiger charge is -2.28. The Morgan fingerprint density at radius 2 is 1.32 bits per heavy atom. The summed E-state index contributed by atoms with van der Waals surface area (Å²) in [5.41, 5.74) is 13.4. The van der Waals surface area contributed by atoms with Crippen LogP contribution in [0.25, 0.3) is 0 Å². The third kappa shape index (κ3) is 10.8. The molecule has 10 nitrogen and oxygen atoms in total. The van der Waals surface area contributed by atoms with Crippen molar-refractivity contribution in [2.24, 2.45) is 17.4 Å². The second-order valence-electron chi connectivity index (χ2n) is 10.1. The molecule has 0 spiro atoms. The largest absolute Gasteiger partial charge is 0.480 e. The van der Waals surface area contributed by atoms with Crippen molar-refractivity contribution in [1.29, 1.82) is 0 Å². The number of rotatable bonds is 17. The molecule has 2 aromatic carbocycles. The first-order chi connectivity index (χ1) is 19.2. The number of nitrogens with two attached hydrogens (primary N) is 2. The first-order valence-corrected chi connectivity index (χ1v) is 13.8. The smallest absolute Gasteiger partial charge is 0.326 e. The van der Waals surface area contributed by atoms with Gasteiger partial charge in [-0.25, -0.2) is 4.79 Å². The molecule has 0 aliphatic heterocycles. The summed E-state index contributed by atoms with van der Waals surface area (Å²) in [4.78, 5) is 51.5. The van der Waals surface area contributed by atoms with Crippen LogP contribution in [0.1, 0.15) is 50.7 Å². The molecule has 0 heterocycles. The second kappa shape index (κ2) is 17.0. The zero-order valence-electron chi connectivity index (χ0n) is 23.3. The van der Waals surface area contributed by atoms with Gasteiger partial charge in [-0.1, -0.05) is 80.9 Å². The summed E-state index contributed by atoms with van der Waals surface area (Å²) in [6, 6.07) is 14.3. The fourth-order valence-electron chi connectivity index (χ4n) is 4.27. The quantitative estimate of drug-likeness (QED) is 0.161. The Balaban J connectivity index is 2.14. The Hall–Kier alpha value is -3.76. The molecular formula is C30H43N5O5. The van der Waals surface area contributed by atoms with E-state index in [2.05, 4.69) is 16.0 Å². The maximum atomic E-state index is 13.4. The Morgan fingerprint density at radius 1 is 0.775 bits per heavy atom. The molecule has 5 atom stereocenters. The molecule has 10 heteroatoms. The van der Waals surface area contributed by atoms with Crippen LogP contribution in [0.5, 0.6) is 0 Å². The van der Waals surface area contributed by atoms with Gasteiger partial charge in [-0.3, -0.25) is 14.4 Å². The molecule has 218 valence electrons. The van der Waals surface area contributed by atoms with Crippen LogP contribution in [-0.2, 0) is 32.0 Å². The number of hydrogen-bond donors (Lipinski definition) is 6. The minimum Gasteiger partial charge on any atom is -0.480 e. The van der Waals surface area contributed by atoms with Crippen LogP contribution in [0.15, 0.2) is 60.7 Å². The van der Waals surface area contributed by atoms with E-state index in [-0.39, 0.29) is 18.8 Å². The fourth-order valence-corrected chi connectivity index (χ4v) is 4.27. The number of unbranched alkanes of at least 4 members (excludes halogenated alkanes) is 1. The number of benzene rings is 2. The molecule has 0 aliphatic carbocycles. The molecule has 0 fully saturated rings. The molecule has 0 radical (unpaired) electrons. The van der Waals surface area contributed by atoms with Gasteiger partial charge in [0.05, 0.1) is 6.04 Å². The van der Waals surface area contributed by atoms with Crippen molar-refractivity contribution in [2.45, 2.75) is 76.5 Å². The van der Waals surface area contributed by atoms with E-state index in [0.717, 1.165) is 11.1 Å². The average molecular weight is 554 g/mol. The van der Waals surface area contributed by atoms with Crippen molar-refractivity contribution in [3.8, 4) is 0 Å². The van der Waals surface area contributed by atoms with Crippen molar-refractivity contribution in [3.63, 3.8) is 0 Å². The molecule has 0 saturated heterocycles. The number of carbonyl (C=O) groups excluding carboxylic acids is 3. The van der Waals surface area contributed by atoms with Crippen molar-refractivity contribution < 1.29 is 24.3 Å². The first kappa shape index (κ1) is 32.5. The van der Waals surface area contributed by atoms with Gasteiger partial charge in [-0.05, 0) is 49.3 Å². The van der Waals surface area contributed by atoms with Crippen LogP contribution in [0.4, 0.5) is 0 Å². The summed E-state index contributed by atoms with van der Waals surface area (Å²) < 4.78 is 0. The van der Waals surface area contributed by atoms with Crippen molar-refractivity contribution in [1.82, 2.24) is 16.0 Å². The van der Waals surface area contributed by atoms with E-state index < -0.39 is 47.9 Å². The molecule has 2 aromatic rings. The summed E-state index contributed by atoms with van der Waals surface area (Å²) in [5, 5.41) is 17.8. The predicted octanol–water partition coefficient (Wildman–Crippen LogP) is 1.51. The Morgan fingerprint density at radius 3 is 1.85 bits per heavy atom. The van der Waals surface area contributed by atoms with Crippen LogP contribution in [0.3, 0.4) is 0 Å². The second-order valence-corrected chi connectivity index (χ2v) is 10.1. The zero-order valence-corrected chi connectivity index (χ0v) is 23.3. The minimum absolute atomic E-state index is 0.0935. The maximum absolute atomic E-state index is 13.4. The molecular weight excluding hydrogens is 510 g/mol. The highest BCUT2D eigenvalue weighted by Gasteiger charge is 2.32. The van der Waals surface area contributed by atoms with Crippen LogP contribution in [0.2, 0.25) is 0 Å². The van der Waals surface area contributed by atoms with E-state index >= 15 is 0 Å². The highest BCUT2D eigenvalue weighted by molar-refractivity contribution is 5.94. The zero-order chi connectivity index (χ0) is 29.5. The third-order valence-corrected chi connectivity index (χ3v) is 6.91. The molecule has 0 aliphatic rings. The van der Waals surface area contributed by atoms with Gasteiger partial charge in [0.2, 0.25) is 17.7 Å². The van der Waals surface area contributed by atoms with Crippen LogP contribution in [-0.4, -0.2) is 59.5 Å². The minimum atomic E-state index is -1.18. The van der Waals surface area contributed by atoms with Crippen LogP contribution in [0, 0.1) is 5.92 Å². The molecule has 5 unspecified atom stereocenters. The van der Waals surface area contributed by atoms with E-state index in [9.17, 15) is 24.3 Å². The highest BCUT2D eigenvalue weighted by atomic mass is 16.4. The normalized spacial score (nSPS) is 14.7. The summed E-state index contributed by atoms with van der Waals surface area (Å²) in [6.07, 6.45) is 2.44. The maximum Gasteiger partial charge on any atom is 0.326 e. The topological polar surface area (TPSA) is 177 Å². The average Bonchev–Trinajstić information content (AvgIpc) is 2.95. The Bertz CT molecular complexity index is 1080. The molecule has 40 heavy (non-hydrogen) atoms. The molecule has 8 N–H and O–H groups in total. The van der Waals surface area contributed by atoms with Gasteiger partial charge in [0.15, 0.2) is 0 Å². The van der Waals surface area contributed by atoms with E-state index in [0.29, 0.717) is 32.2 Å². The van der Waals surface area contributed by atoms with E-state index in [1.165, 1.54) is 0 Å². The summed E-state index contributed by atoms with van der Waals surface area (Å²) in [6.45, 7) is 4.14. The SMILES string of the molecule is CCC(C)C(NC(=O)C(N)Cc1ccccc1)C(=O)NC(CCCCN)C(=O)NC(Cc1ccccc1)C(=O)O. The molecule has 0 saturated carbocycles. The number of carboxylic acid groups (broad SMARTS) is 1. The van der Waals surface area contributed by atoms with Gasteiger partial charge in [0.1, 0.15) is 18.1 Å². The van der Waals surface area contributed by atoms with Crippen LogP contribution < -0.4 is 27.4 Å². The Labute approximate surface area is 236 Å². The van der Waals surface area contributed by atoms with E-state index in [1.807, 2.05) is 50.2 Å². The number of nitrogens with one attached hydrogen (secondary N) is 3. The Kier molecular flexibility index (Phi) is 13.8. The number of carbonyl (C=O) groups is 4. The predicted molar refractivity (Wildman–Crippen MR) is 154 cm³/mol. The van der Waals surface area contributed by atoms with Gasteiger partial charge in [-0.15, -0.1) is 0 Å². The molecule has 0 bridgehead atoms. The van der Waals surface area contributed by atoms with Gasteiger partial charge in [-0.2, -0.15) is 0 Å². The van der Waals surface area contributed by atoms with E-state index in [4.69, 9.17) is 11.5 Å². The lowest BCUT2D eigenvalue weighted by atomic mass is 9.96. The van der Waals surface area contributed by atoms with Gasteiger partial charge in [0, 0.05) is 6.42 Å². The van der Waals surface area contributed by atoms with Crippen molar-refractivity contribution in [3.05, 3.63) is 71.8 Å². The molecule has 3 amide bonds. The lowest BCUT2D eigenvalue weighted by Crippen LogP contribution is -2.59. The molecule has 0 aromatic heterocycles. The standard InChI is InChI=1S/C30H43N5O5/c1-3-20(2)26(35-27(36)23(32)18-21-12-6-4-7-13-21)29(38)33-24(16-10-11-17-31)28(37)34-25(30(39)40)19-22-14-8-5-9-15-22/h4-9,12-15,20,23-26H,3,10-11,16-19,31-32H2,1-2H3,(H,33,38)(H,34,37)(H,35,36)(H,39,40). The van der Waals surface area contributed by atoms with Crippen LogP contribution >= 0.6 is 0 Å². The number of amides is 3.